The van der Waals surface area contributed by atoms with Gasteiger partial charge >= 0.3 is 0 Å². The Morgan fingerprint density at radius 3 is 3.30 bits per heavy atom. The third-order valence-corrected chi connectivity index (χ3v) is 2.64. The van der Waals surface area contributed by atoms with Crippen molar-refractivity contribution in [1.29, 1.82) is 0 Å². The van der Waals surface area contributed by atoms with E-state index in [-0.39, 0.29) is 0 Å². The summed E-state index contributed by atoms with van der Waals surface area (Å²) in [5.74, 6) is 0.955. The Hall–Kier alpha value is -0.0800. The van der Waals surface area contributed by atoms with Gasteiger partial charge in [0.2, 0.25) is 0 Å². The Bertz CT molecular complexity index is 102. The van der Waals surface area contributed by atoms with E-state index in [1.54, 1.807) is 0 Å². The minimum absolute atomic E-state index is 0.955. The van der Waals surface area contributed by atoms with Gasteiger partial charge < -0.3 is 10.2 Å². The van der Waals surface area contributed by atoms with Crippen molar-refractivity contribution in [3.63, 3.8) is 0 Å². The summed E-state index contributed by atoms with van der Waals surface area (Å²) in [6.45, 7) is 6.44. The van der Waals surface area contributed by atoms with Crippen molar-refractivity contribution in [3.05, 3.63) is 0 Å². The molecule has 10 heavy (non-hydrogen) atoms. The fourth-order valence-corrected chi connectivity index (χ4v) is 2.06. The fraction of sp³-hybridized carbons (Fsp3) is 1.00. The predicted octanol–water partition coefficient (Wildman–Crippen LogP) is 0.302. The van der Waals surface area contributed by atoms with E-state index < -0.39 is 0 Å². The van der Waals surface area contributed by atoms with E-state index in [9.17, 15) is 0 Å². The van der Waals surface area contributed by atoms with Crippen LogP contribution in [0.25, 0.3) is 0 Å². The highest BCUT2D eigenvalue weighted by Gasteiger charge is 2.21. The first-order valence-corrected chi connectivity index (χ1v) is 4.38. The molecular weight excluding hydrogens is 124 g/mol. The molecule has 0 aromatic rings. The van der Waals surface area contributed by atoms with Crippen molar-refractivity contribution >= 4 is 0 Å². The third kappa shape index (κ3) is 1.32. The number of fused-ring (bicyclic) bond motifs is 2. The summed E-state index contributed by atoms with van der Waals surface area (Å²) in [6, 6.07) is 0. The van der Waals surface area contributed by atoms with Gasteiger partial charge in [-0.25, -0.2) is 0 Å². The van der Waals surface area contributed by atoms with Gasteiger partial charge in [0.15, 0.2) is 0 Å². The molecule has 0 aromatic heterocycles. The van der Waals surface area contributed by atoms with E-state index >= 15 is 0 Å². The zero-order valence-electron chi connectivity index (χ0n) is 6.47. The second-order valence-corrected chi connectivity index (χ2v) is 3.51. The lowest BCUT2D eigenvalue weighted by Gasteiger charge is -2.28. The second-order valence-electron chi connectivity index (χ2n) is 3.51. The van der Waals surface area contributed by atoms with E-state index in [2.05, 4.69) is 10.2 Å². The molecule has 2 aliphatic rings. The minimum Gasteiger partial charge on any atom is -0.315 e. The molecule has 2 heterocycles. The summed E-state index contributed by atoms with van der Waals surface area (Å²) in [7, 11) is 0. The van der Waals surface area contributed by atoms with Crippen LogP contribution in [-0.4, -0.2) is 37.6 Å². The molecule has 0 saturated carbocycles. The van der Waals surface area contributed by atoms with Gasteiger partial charge in [-0.05, 0) is 31.8 Å². The Balaban J connectivity index is 1.96. The van der Waals surface area contributed by atoms with Crippen LogP contribution in [0, 0.1) is 5.92 Å². The Morgan fingerprint density at radius 2 is 2.30 bits per heavy atom. The van der Waals surface area contributed by atoms with Crippen LogP contribution in [0.15, 0.2) is 0 Å². The average Bonchev–Trinajstić information content (AvgIpc) is 2.12. The molecule has 0 amide bonds. The number of rotatable bonds is 0. The van der Waals surface area contributed by atoms with Gasteiger partial charge in [-0.1, -0.05) is 0 Å². The van der Waals surface area contributed by atoms with E-state index in [1.807, 2.05) is 0 Å². The minimum atomic E-state index is 0.955. The SMILES string of the molecule is C1C[C@H]2CNCCN(C1)C2. The second kappa shape index (κ2) is 2.89. The summed E-state index contributed by atoms with van der Waals surface area (Å²) in [5.41, 5.74) is 0. The maximum atomic E-state index is 3.48. The molecule has 2 heteroatoms. The lowest BCUT2D eigenvalue weighted by molar-refractivity contribution is 0.200. The van der Waals surface area contributed by atoms with Crippen LogP contribution in [0.4, 0.5) is 0 Å². The molecule has 2 rings (SSSR count). The van der Waals surface area contributed by atoms with Crippen LogP contribution >= 0.6 is 0 Å². The Kier molecular flexibility index (Phi) is 1.91. The zero-order valence-corrected chi connectivity index (χ0v) is 6.47. The normalized spacial score (nSPS) is 40.8. The van der Waals surface area contributed by atoms with Gasteiger partial charge in [0, 0.05) is 19.6 Å². The summed E-state index contributed by atoms with van der Waals surface area (Å²) < 4.78 is 0. The molecule has 2 aliphatic heterocycles. The van der Waals surface area contributed by atoms with Gasteiger partial charge in [-0.15, -0.1) is 0 Å². The molecule has 2 fully saturated rings. The zero-order chi connectivity index (χ0) is 6.81. The molecular formula is C8H16N2. The smallest absolute Gasteiger partial charge is 0.0107 e. The van der Waals surface area contributed by atoms with Gasteiger partial charge in [0.05, 0.1) is 0 Å². The summed E-state index contributed by atoms with van der Waals surface area (Å²) >= 11 is 0. The maximum Gasteiger partial charge on any atom is 0.0107 e. The summed E-state index contributed by atoms with van der Waals surface area (Å²) in [6.07, 6.45) is 2.87. The quantitative estimate of drug-likeness (QED) is 0.520. The number of nitrogens with one attached hydrogen (secondary N) is 1. The van der Waals surface area contributed by atoms with Crippen LogP contribution < -0.4 is 5.32 Å². The van der Waals surface area contributed by atoms with E-state index in [0.29, 0.717) is 0 Å². The number of nitrogens with zero attached hydrogens (tertiary/aromatic N) is 1. The molecule has 58 valence electrons. The maximum absolute atomic E-state index is 3.48. The van der Waals surface area contributed by atoms with E-state index in [0.717, 1.165) is 5.92 Å². The molecule has 0 aromatic carbocycles. The molecule has 0 spiro atoms. The van der Waals surface area contributed by atoms with Gasteiger partial charge in [0.25, 0.3) is 0 Å². The highest BCUT2D eigenvalue weighted by atomic mass is 15.2. The molecule has 0 radical (unpaired) electrons. The number of piperidine rings is 1. The third-order valence-electron chi connectivity index (χ3n) is 2.64. The Labute approximate surface area is 62.6 Å². The van der Waals surface area contributed by atoms with E-state index in [4.69, 9.17) is 0 Å². The van der Waals surface area contributed by atoms with Crippen molar-refractivity contribution in [2.75, 3.05) is 32.7 Å². The first-order chi connectivity index (χ1) is 4.95. The van der Waals surface area contributed by atoms with Crippen LogP contribution in [-0.2, 0) is 0 Å². The monoisotopic (exact) mass is 140 g/mol. The number of hydrogen-bond acceptors (Lipinski definition) is 2. The summed E-state index contributed by atoms with van der Waals surface area (Å²) in [4.78, 5) is 2.59. The van der Waals surface area contributed by atoms with Gasteiger partial charge in [-0.3, -0.25) is 0 Å². The molecule has 1 N–H and O–H groups in total. The van der Waals surface area contributed by atoms with Gasteiger partial charge in [-0.2, -0.15) is 0 Å². The van der Waals surface area contributed by atoms with Crippen molar-refractivity contribution in [2.45, 2.75) is 12.8 Å². The van der Waals surface area contributed by atoms with Crippen LogP contribution in [0.2, 0.25) is 0 Å². The largest absolute Gasteiger partial charge is 0.315 e. The average molecular weight is 140 g/mol. The summed E-state index contributed by atoms with van der Waals surface area (Å²) in [5, 5.41) is 3.48. The fourth-order valence-electron chi connectivity index (χ4n) is 2.06. The van der Waals surface area contributed by atoms with Crippen molar-refractivity contribution < 1.29 is 0 Å². The van der Waals surface area contributed by atoms with Crippen LogP contribution in [0.5, 0.6) is 0 Å². The lowest BCUT2D eigenvalue weighted by Crippen LogP contribution is -2.35. The van der Waals surface area contributed by atoms with Crippen molar-refractivity contribution in [2.24, 2.45) is 5.92 Å². The lowest BCUT2D eigenvalue weighted by atomic mass is 9.99. The molecule has 2 saturated heterocycles. The molecule has 1 unspecified atom stereocenters. The van der Waals surface area contributed by atoms with Crippen molar-refractivity contribution in [3.8, 4) is 0 Å². The molecule has 0 aliphatic carbocycles. The molecule has 2 bridgehead atoms. The van der Waals surface area contributed by atoms with E-state index in [1.165, 1.54) is 45.6 Å². The van der Waals surface area contributed by atoms with Crippen molar-refractivity contribution in [1.82, 2.24) is 10.2 Å². The van der Waals surface area contributed by atoms with Crippen LogP contribution in [0.3, 0.4) is 0 Å². The Morgan fingerprint density at radius 1 is 1.30 bits per heavy atom. The van der Waals surface area contributed by atoms with Crippen LogP contribution in [0.1, 0.15) is 12.8 Å². The topological polar surface area (TPSA) is 15.3 Å². The standard InChI is InChI=1S/C8H16N2/c1-2-8-6-9-3-5-10(4-1)7-8/h8-9H,1-7H2/t8-/m0/s1. The van der Waals surface area contributed by atoms with Gasteiger partial charge in [0.1, 0.15) is 0 Å². The highest BCUT2D eigenvalue weighted by Crippen LogP contribution is 2.16. The molecule has 2 nitrogen and oxygen atoms in total. The first kappa shape index (κ1) is 6.62. The number of hydrogen-bond donors (Lipinski definition) is 1. The predicted molar refractivity (Wildman–Crippen MR) is 42.0 cm³/mol. The highest BCUT2D eigenvalue weighted by molar-refractivity contribution is 4.78. The molecule has 2 atom stereocenters. The first-order valence-electron chi connectivity index (χ1n) is 4.38.